The van der Waals surface area contributed by atoms with Crippen molar-refractivity contribution in [2.24, 2.45) is 5.73 Å². The van der Waals surface area contributed by atoms with Crippen LogP contribution in [-0.4, -0.2) is 28.5 Å². The number of carbonyl (C=O) groups is 1. The molecule has 1 aromatic carbocycles. The van der Waals surface area contributed by atoms with Gasteiger partial charge in [-0.3, -0.25) is 14.8 Å². The predicted molar refractivity (Wildman–Crippen MR) is 72.2 cm³/mol. The topological polar surface area (TPSA) is 72.1 Å². The first kappa shape index (κ1) is 11.6. The number of amides is 1. The Bertz CT molecular complexity index is 631. The number of rotatable bonds is 1. The third-order valence-electron chi connectivity index (χ3n) is 3.00. The average molecular weight is 307 g/mol. The van der Waals surface area contributed by atoms with E-state index in [1.54, 1.807) is 17.3 Å². The zero-order chi connectivity index (χ0) is 12.7. The molecule has 2 heterocycles. The molecule has 1 amide bonds. The van der Waals surface area contributed by atoms with E-state index in [0.29, 0.717) is 13.0 Å². The van der Waals surface area contributed by atoms with Gasteiger partial charge in [-0.1, -0.05) is 0 Å². The Hall–Kier alpha value is -1.53. The smallest absolute Gasteiger partial charge is 0.228 e. The van der Waals surface area contributed by atoms with Crippen LogP contribution < -0.4 is 10.6 Å². The van der Waals surface area contributed by atoms with Crippen molar-refractivity contribution in [1.29, 1.82) is 0 Å². The molecule has 1 saturated heterocycles. The lowest BCUT2D eigenvalue weighted by Crippen LogP contribution is -2.28. The molecule has 1 aliphatic rings. The number of anilines is 1. The van der Waals surface area contributed by atoms with Crippen molar-refractivity contribution in [2.75, 3.05) is 11.4 Å². The van der Waals surface area contributed by atoms with Crippen molar-refractivity contribution in [3.63, 3.8) is 0 Å². The minimum Gasteiger partial charge on any atom is -0.326 e. The SMILES string of the molecule is NC1CC(=O)N(c2ccc3nccnc3c2Br)C1. The van der Waals surface area contributed by atoms with Crippen molar-refractivity contribution in [2.45, 2.75) is 12.5 Å². The second kappa shape index (κ2) is 4.29. The van der Waals surface area contributed by atoms with E-state index < -0.39 is 0 Å². The maximum atomic E-state index is 11.9. The summed E-state index contributed by atoms with van der Waals surface area (Å²) in [6.07, 6.45) is 3.67. The summed E-state index contributed by atoms with van der Waals surface area (Å²) in [6.45, 7) is 0.545. The number of hydrogen-bond donors (Lipinski definition) is 1. The van der Waals surface area contributed by atoms with E-state index in [2.05, 4.69) is 25.9 Å². The summed E-state index contributed by atoms with van der Waals surface area (Å²) < 4.78 is 0.788. The summed E-state index contributed by atoms with van der Waals surface area (Å²) in [7, 11) is 0. The standard InChI is InChI=1S/C12H11BrN4O/c13-11-9(17-6-7(14)5-10(17)18)2-1-8-12(11)16-4-3-15-8/h1-4,7H,5-6,14H2. The average Bonchev–Trinajstić information content (AvgIpc) is 2.69. The molecule has 2 aromatic rings. The van der Waals surface area contributed by atoms with Crippen LogP contribution in [0.5, 0.6) is 0 Å². The second-order valence-corrected chi connectivity index (χ2v) is 5.08. The monoisotopic (exact) mass is 306 g/mol. The first-order chi connectivity index (χ1) is 8.66. The predicted octanol–water partition coefficient (Wildman–Crippen LogP) is 1.46. The number of carbonyl (C=O) groups excluding carboxylic acids is 1. The number of hydrogen-bond acceptors (Lipinski definition) is 4. The number of nitrogens with two attached hydrogens (primary N) is 1. The number of benzene rings is 1. The van der Waals surface area contributed by atoms with E-state index in [4.69, 9.17) is 5.73 Å². The molecule has 0 bridgehead atoms. The molecule has 0 spiro atoms. The lowest BCUT2D eigenvalue weighted by molar-refractivity contribution is -0.117. The minimum absolute atomic E-state index is 0.0476. The normalized spacial score (nSPS) is 19.8. The van der Waals surface area contributed by atoms with Crippen LogP contribution in [0.25, 0.3) is 11.0 Å². The maximum Gasteiger partial charge on any atom is 0.228 e. The Kier molecular flexibility index (Phi) is 2.76. The molecular weight excluding hydrogens is 296 g/mol. The molecule has 0 radical (unpaired) electrons. The number of nitrogens with zero attached hydrogens (tertiary/aromatic N) is 3. The number of halogens is 1. The molecule has 0 aliphatic carbocycles. The molecule has 3 rings (SSSR count). The van der Waals surface area contributed by atoms with Gasteiger partial charge in [0.05, 0.1) is 15.7 Å². The quantitative estimate of drug-likeness (QED) is 0.865. The molecule has 18 heavy (non-hydrogen) atoms. The molecule has 6 heteroatoms. The van der Waals surface area contributed by atoms with E-state index in [9.17, 15) is 4.79 Å². The number of aromatic nitrogens is 2. The van der Waals surface area contributed by atoms with E-state index in [1.807, 2.05) is 12.1 Å². The van der Waals surface area contributed by atoms with Gasteiger partial charge in [0, 0.05) is 31.4 Å². The molecular formula is C12H11BrN4O. The van der Waals surface area contributed by atoms with Gasteiger partial charge in [-0.15, -0.1) is 0 Å². The van der Waals surface area contributed by atoms with Crippen LogP contribution >= 0.6 is 15.9 Å². The molecule has 1 fully saturated rings. The summed E-state index contributed by atoms with van der Waals surface area (Å²) in [6, 6.07) is 3.64. The Labute approximate surface area is 112 Å². The Morgan fingerprint density at radius 2 is 2.11 bits per heavy atom. The van der Waals surface area contributed by atoms with Gasteiger partial charge in [0.1, 0.15) is 5.52 Å². The summed E-state index contributed by atoms with van der Waals surface area (Å²) in [4.78, 5) is 22.1. The zero-order valence-corrected chi connectivity index (χ0v) is 11.1. The molecule has 2 N–H and O–H groups in total. The lowest BCUT2D eigenvalue weighted by atomic mass is 10.2. The van der Waals surface area contributed by atoms with Gasteiger partial charge in [-0.05, 0) is 28.1 Å². The van der Waals surface area contributed by atoms with Crippen molar-refractivity contribution in [3.8, 4) is 0 Å². The van der Waals surface area contributed by atoms with Crippen molar-refractivity contribution in [3.05, 3.63) is 29.0 Å². The molecule has 1 aromatic heterocycles. The third kappa shape index (κ3) is 1.77. The Balaban J connectivity index is 2.13. The van der Waals surface area contributed by atoms with E-state index in [-0.39, 0.29) is 11.9 Å². The highest BCUT2D eigenvalue weighted by molar-refractivity contribution is 9.10. The van der Waals surface area contributed by atoms with Gasteiger partial charge in [0.25, 0.3) is 0 Å². The molecule has 1 aliphatic heterocycles. The fourth-order valence-corrected chi connectivity index (χ4v) is 2.82. The minimum atomic E-state index is -0.0954. The summed E-state index contributed by atoms with van der Waals surface area (Å²) in [5.41, 5.74) is 8.16. The highest BCUT2D eigenvalue weighted by Gasteiger charge is 2.29. The molecule has 5 nitrogen and oxygen atoms in total. The van der Waals surface area contributed by atoms with Gasteiger partial charge in [0.15, 0.2) is 0 Å². The van der Waals surface area contributed by atoms with Crippen LogP contribution in [0, 0.1) is 0 Å². The van der Waals surface area contributed by atoms with Crippen LogP contribution in [0.3, 0.4) is 0 Å². The summed E-state index contributed by atoms with van der Waals surface area (Å²) in [5.74, 6) is 0.0476. The van der Waals surface area contributed by atoms with Crippen molar-refractivity contribution < 1.29 is 4.79 Å². The van der Waals surface area contributed by atoms with Gasteiger partial charge in [-0.2, -0.15) is 0 Å². The molecule has 0 saturated carbocycles. The van der Waals surface area contributed by atoms with Crippen molar-refractivity contribution >= 4 is 38.6 Å². The van der Waals surface area contributed by atoms with Crippen LogP contribution in [-0.2, 0) is 4.79 Å². The summed E-state index contributed by atoms with van der Waals surface area (Å²) >= 11 is 3.50. The van der Waals surface area contributed by atoms with Gasteiger partial charge >= 0.3 is 0 Å². The van der Waals surface area contributed by atoms with Crippen LogP contribution in [0.1, 0.15) is 6.42 Å². The zero-order valence-electron chi connectivity index (χ0n) is 9.51. The highest BCUT2D eigenvalue weighted by atomic mass is 79.9. The van der Waals surface area contributed by atoms with Crippen LogP contribution in [0.15, 0.2) is 29.0 Å². The molecule has 1 atom stereocenters. The van der Waals surface area contributed by atoms with E-state index in [1.165, 1.54) is 0 Å². The van der Waals surface area contributed by atoms with Gasteiger partial charge < -0.3 is 10.6 Å². The Morgan fingerprint density at radius 3 is 2.83 bits per heavy atom. The van der Waals surface area contributed by atoms with Crippen LogP contribution in [0.2, 0.25) is 0 Å². The van der Waals surface area contributed by atoms with Crippen LogP contribution in [0.4, 0.5) is 5.69 Å². The largest absolute Gasteiger partial charge is 0.326 e. The fourth-order valence-electron chi connectivity index (χ4n) is 2.17. The second-order valence-electron chi connectivity index (χ2n) is 4.29. The van der Waals surface area contributed by atoms with E-state index >= 15 is 0 Å². The Morgan fingerprint density at radius 1 is 1.33 bits per heavy atom. The summed E-state index contributed by atoms with van der Waals surface area (Å²) in [5, 5.41) is 0. The highest BCUT2D eigenvalue weighted by Crippen LogP contribution is 2.33. The maximum absolute atomic E-state index is 11.9. The van der Waals surface area contributed by atoms with E-state index in [0.717, 1.165) is 21.2 Å². The fraction of sp³-hybridized carbons (Fsp3) is 0.250. The first-order valence-corrected chi connectivity index (χ1v) is 6.41. The van der Waals surface area contributed by atoms with Gasteiger partial charge in [-0.25, -0.2) is 0 Å². The molecule has 1 unspecified atom stereocenters. The third-order valence-corrected chi connectivity index (χ3v) is 3.79. The lowest BCUT2D eigenvalue weighted by Gasteiger charge is -2.18. The van der Waals surface area contributed by atoms with Crippen molar-refractivity contribution in [1.82, 2.24) is 9.97 Å². The number of fused-ring (bicyclic) bond motifs is 1. The van der Waals surface area contributed by atoms with Gasteiger partial charge in [0.2, 0.25) is 5.91 Å². The molecule has 92 valence electrons. The first-order valence-electron chi connectivity index (χ1n) is 5.62.